The molecule has 0 amide bonds. The summed E-state index contributed by atoms with van der Waals surface area (Å²) in [4.78, 5) is 0. The Hall–Kier alpha value is 0.997. The molecule has 2 atom stereocenters. The average Bonchev–Trinajstić information content (AvgIpc) is 1.87. The summed E-state index contributed by atoms with van der Waals surface area (Å²) < 4.78 is 5.70. The summed E-state index contributed by atoms with van der Waals surface area (Å²) in [6.45, 7) is 0.496. The van der Waals surface area contributed by atoms with E-state index in [-0.39, 0.29) is 13.2 Å². The molecule has 3 nitrogen and oxygen atoms in total. The number of aliphatic hydroxyl groups excluding tert-OH is 2. The van der Waals surface area contributed by atoms with Gasteiger partial charge in [-0.25, -0.2) is 0 Å². The van der Waals surface area contributed by atoms with Crippen LogP contribution in [0.5, 0.6) is 0 Å². The van der Waals surface area contributed by atoms with E-state index in [4.69, 9.17) is 12.9 Å². The van der Waals surface area contributed by atoms with Crippen LogP contribution in [0.2, 0.25) is 21.8 Å². The molecule has 0 aliphatic rings. The first-order valence-corrected chi connectivity index (χ1v) is 11.5. The zero-order chi connectivity index (χ0) is 8.69. The molecule has 2 unspecified atom stereocenters. The molecular weight excluding hydrogens is 270 g/mol. The van der Waals surface area contributed by atoms with Gasteiger partial charge in [-0.05, 0) is 0 Å². The minimum atomic E-state index is -1.15. The molecule has 0 fully saturated rings. The Balaban J connectivity index is 3.32. The molecule has 68 valence electrons. The van der Waals surface area contributed by atoms with Crippen molar-refractivity contribution in [1.29, 1.82) is 0 Å². The van der Waals surface area contributed by atoms with Gasteiger partial charge in [0.05, 0.1) is 0 Å². The molecule has 11 heavy (non-hydrogen) atoms. The molecule has 0 bridgehead atoms. The maximum absolute atomic E-state index is 8.60. The third kappa shape index (κ3) is 7.36. The Kier molecular flexibility index (Phi) is 8.33. The summed E-state index contributed by atoms with van der Waals surface area (Å²) in [5, 5.41) is 18.9. The fourth-order valence-electron chi connectivity index (χ4n) is 0.601. The summed E-state index contributed by atoms with van der Waals surface area (Å²) in [6, 6.07) is 0. The quantitative estimate of drug-likeness (QED) is 0.687. The molecule has 0 rings (SSSR count). The van der Waals surface area contributed by atoms with Gasteiger partial charge in [0.25, 0.3) is 0 Å². The van der Waals surface area contributed by atoms with Crippen molar-refractivity contribution in [2.45, 2.75) is 21.8 Å². The predicted molar refractivity (Wildman–Crippen MR) is 48.1 cm³/mol. The van der Waals surface area contributed by atoms with Crippen molar-refractivity contribution >= 4 is 30.0 Å². The van der Waals surface area contributed by atoms with Gasteiger partial charge in [0.15, 0.2) is 0 Å². The molecule has 0 aliphatic heterocycles. The van der Waals surface area contributed by atoms with E-state index in [2.05, 4.69) is 11.4 Å². The predicted octanol–water partition coefficient (Wildman–Crippen LogP) is 0.230. The van der Waals surface area contributed by atoms with Crippen LogP contribution >= 0.6 is 0 Å². The van der Waals surface area contributed by atoms with Gasteiger partial charge in [-0.3, -0.25) is 0 Å². The molecule has 0 heterocycles. The van der Waals surface area contributed by atoms with Gasteiger partial charge >= 0.3 is 78.0 Å². The Morgan fingerprint density at radius 2 is 1.36 bits per heavy atom. The summed E-state index contributed by atoms with van der Waals surface area (Å²) in [5.74, 6) is 0. The summed E-state index contributed by atoms with van der Waals surface area (Å²) in [5.41, 5.74) is 4.21. The van der Waals surface area contributed by atoms with E-state index in [0.717, 1.165) is 10.4 Å². The van der Waals surface area contributed by atoms with Crippen molar-refractivity contribution in [3.63, 3.8) is 0 Å². The third-order valence-electron chi connectivity index (χ3n) is 1.11. The zero-order valence-electron chi connectivity index (χ0n) is 7.03. The van der Waals surface area contributed by atoms with Gasteiger partial charge < -0.3 is 0 Å². The maximum atomic E-state index is 8.60. The minimum absolute atomic E-state index is 0.248. The number of rotatable bonds is 6. The van der Waals surface area contributed by atoms with Crippen LogP contribution in [-0.2, 0) is 2.72 Å². The van der Waals surface area contributed by atoms with E-state index in [1.165, 1.54) is 0 Å². The summed E-state index contributed by atoms with van der Waals surface area (Å²) in [7, 11) is 0. The number of hydrogen-bond acceptors (Lipinski definition) is 3. The van der Waals surface area contributed by atoms with Crippen LogP contribution < -0.4 is 0 Å². The third-order valence-corrected chi connectivity index (χ3v) is 11.8. The number of aliphatic hydroxyl groups is 2. The van der Waals surface area contributed by atoms with E-state index in [1.807, 2.05) is 0 Å². The van der Waals surface area contributed by atoms with Crippen LogP contribution in [0.4, 0.5) is 0 Å². The van der Waals surface area contributed by atoms with Gasteiger partial charge in [-0.15, -0.1) is 0 Å². The molecule has 0 aromatic rings. The first-order valence-electron chi connectivity index (χ1n) is 3.52. The molecule has 0 aliphatic carbocycles. The Morgan fingerprint density at radius 1 is 1.00 bits per heavy atom. The first-order chi connectivity index (χ1) is 5.20. The molecule has 5 heteroatoms. The second kappa shape index (κ2) is 7.64. The second-order valence-electron chi connectivity index (χ2n) is 2.23. The van der Waals surface area contributed by atoms with Gasteiger partial charge in [0, 0.05) is 0 Å². The second-order valence-corrected chi connectivity index (χ2v) is 11.5. The molecule has 0 radical (unpaired) electrons. The molecule has 0 saturated carbocycles. The van der Waals surface area contributed by atoms with Crippen molar-refractivity contribution in [2.75, 3.05) is 13.2 Å². The van der Waals surface area contributed by atoms with Crippen molar-refractivity contribution in [1.82, 2.24) is 0 Å². The Bertz CT molecular complexity index is 81.9. The molecule has 2 N–H and O–H groups in total. The summed E-state index contributed by atoms with van der Waals surface area (Å²) >= 11 is -2.30. The normalized spacial score (nSPS) is 16.4. The zero-order valence-corrected chi connectivity index (χ0v) is 10.8. The van der Waals surface area contributed by atoms with Crippen LogP contribution in [0.25, 0.3) is 0 Å². The molecule has 0 aromatic heterocycles. The van der Waals surface area contributed by atoms with Crippen molar-refractivity contribution in [2.24, 2.45) is 0 Å². The standard InChI is InChI=1S/C6H16As2O3/c1-7(3-5-9)11-8(2)4-6-10/h9-10H,3-6H2,1-2H3. The SMILES string of the molecule is C[As](CCO)O[As](C)CCO. The van der Waals surface area contributed by atoms with Gasteiger partial charge in [0.2, 0.25) is 0 Å². The molecule has 0 saturated heterocycles. The monoisotopic (exact) mass is 286 g/mol. The van der Waals surface area contributed by atoms with Crippen LogP contribution in [0, 0.1) is 0 Å². The fraction of sp³-hybridized carbons (Fsp3) is 1.00. The van der Waals surface area contributed by atoms with Crippen molar-refractivity contribution in [3.8, 4) is 0 Å². The van der Waals surface area contributed by atoms with Crippen LogP contribution in [-0.4, -0.2) is 53.4 Å². The Morgan fingerprint density at radius 3 is 1.64 bits per heavy atom. The van der Waals surface area contributed by atoms with Gasteiger partial charge in [-0.2, -0.15) is 0 Å². The fourth-order valence-corrected chi connectivity index (χ4v) is 10.1. The molecule has 0 spiro atoms. The van der Waals surface area contributed by atoms with Crippen molar-refractivity contribution in [3.05, 3.63) is 0 Å². The van der Waals surface area contributed by atoms with E-state index in [9.17, 15) is 0 Å². The first kappa shape index (κ1) is 12.0. The molecule has 0 aromatic carbocycles. The van der Waals surface area contributed by atoms with E-state index in [0.29, 0.717) is 0 Å². The van der Waals surface area contributed by atoms with E-state index in [1.54, 1.807) is 0 Å². The van der Waals surface area contributed by atoms with Crippen LogP contribution in [0.3, 0.4) is 0 Å². The van der Waals surface area contributed by atoms with Crippen LogP contribution in [0.1, 0.15) is 0 Å². The average molecular weight is 286 g/mol. The Labute approximate surface area is 78.0 Å². The molecular formula is C6H16As2O3. The van der Waals surface area contributed by atoms with E-state index >= 15 is 0 Å². The van der Waals surface area contributed by atoms with Crippen LogP contribution in [0.15, 0.2) is 0 Å². The van der Waals surface area contributed by atoms with Gasteiger partial charge in [0.1, 0.15) is 0 Å². The topological polar surface area (TPSA) is 49.7 Å². The van der Waals surface area contributed by atoms with E-state index < -0.39 is 30.0 Å². The number of hydrogen-bond donors (Lipinski definition) is 2. The van der Waals surface area contributed by atoms with Crippen molar-refractivity contribution < 1.29 is 12.9 Å². The van der Waals surface area contributed by atoms with Gasteiger partial charge in [-0.1, -0.05) is 0 Å². The summed E-state index contributed by atoms with van der Waals surface area (Å²) in [6.07, 6.45) is 0.